The molecule has 0 atom stereocenters. The van der Waals surface area contributed by atoms with E-state index in [1.165, 1.54) is 47.6 Å². The van der Waals surface area contributed by atoms with E-state index >= 15 is 0 Å². The summed E-state index contributed by atoms with van der Waals surface area (Å²) in [6.07, 6.45) is 4.23. The Kier molecular flexibility index (Phi) is 6.59. The number of amides is 2. The van der Waals surface area contributed by atoms with Crippen LogP contribution in [-0.4, -0.2) is 39.7 Å². The third-order valence-electron chi connectivity index (χ3n) is 3.46. The van der Waals surface area contributed by atoms with Crippen LogP contribution in [0.15, 0.2) is 60.3 Å². The Balaban J connectivity index is 2.17. The first kappa shape index (κ1) is 19.6. The highest BCUT2D eigenvalue weighted by atomic mass is 16.6. The van der Waals surface area contributed by atoms with Crippen LogP contribution < -0.4 is 5.32 Å². The van der Waals surface area contributed by atoms with Crippen LogP contribution in [0.25, 0.3) is 0 Å². The summed E-state index contributed by atoms with van der Waals surface area (Å²) in [5.74, 6) is -0.723. The summed E-state index contributed by atoms with van der Waals surface area (Å²) in [7, 11) is 0. The predicted octanol–water partition coefficient (Wildman–Crippen LogP) is 2.33. The average Bonchev–Trinajstić information content (AvgIpc) is 3.14. The first-order valence-corrected chi connectivity index (χ1v) is 7.94. The van der Waals surface area contributed by atoms with Gasteiger partial charge in [-0.15, -0.1) is 13.2 Å². The minimum Gasteiger partial charge on any atom is -0.446 e. The number of non-ortho nitro benzene ring substituents is 1. The average molecular weight is 370 g/mol. The van der Waals surface area contributed by atoms with E-state index in [1.807, 2.05) is 0 Å². The summed E-state index contributed by atoms with van der Waals surface area (Å²) >= 11 is 0. The predicted molar refractivity (Wildman–Crippen MR) is 97.1 cm³/mol. The number of nitro groups is 1. The molecule has 0 spiro atoms. The Labute approximate surface area is 155 Å². The van der Waals surface area contributed by atoms with Gasteiger partial charge in [0.05, 0.1) is 11.5 Å². The number of nitrogens with zero attached hydrogens (tertiary/aromatic N) is 3. The van der Waals surface area contributed by atoms with E-state index in [1.54, 1.807) is 0 Å². The minimum atomic E-state index is -0.573. The molecule has 0 aliphatic carbocycles. The first-order valence-electron chi connectivity index (χ1n) is 7.94. The summed E-state index contributed by atoms with van der Waals surface area (Å²) in [5, 5.41) is 13.5. The fourth-order valence-electron chi connectivity index (χ4n) is 2.22. The van der Waals surface area contributed by atoms with Gasteiger partial charge in [-0.25, -0.2) is 4.98 Å². The molecule has 9 heteroatoms. The number of carbonyl (C=O) groups excluding carboxylic acids is 2. The second kappa shape index (κ2) is 9.09. The molecule has 2 rings (SSSR count). The third kappa shape index (κ3) is 5.11. The van der Waals surface area contributed by atoms with Crippen molar-refractivity contribution in [1.29, 1.82) is 0 Å². The standard InChI is InChI=1S/C18H18N4O5/c1-3-8-19-17(23)15-12-27-16(20-15)11-21(9-4-2)18(24)13-6-5-7-14(10-13)22(25)26/h3-7,10,12H,1-2,8-9,11H2,(H,19,23). The van der Waals surface area contributed by atoms with E-state index < -0.39 is 16.7 Å². The van der Waals surface area contributed by atoms with Gasteiger partial charge in [0.2, 0.25) is 5.89 Å². The van der Waals surface area contributed by atoms with Crippen molar-refractivity contribution in [3.63, 3.8) is 0 Å². The zero-order valence-electron chi connectivity index (χ0n) is 14.5. The maximum absolute atomic E-state index is 12.7. The first-order chi connectivity index (χ1) is 13.0. The van der Waals surface area contributed by atoms with Gasteiger partial charge in [0.15, 0.2) is 5.69 Å². The zero-order chi connectivity index (χ0) is 19.8. The van der Waals surface area contributed by atoms with E-state index in [0.29, 0.717) is 0 Å². The molecule has 0 saturated carbocycles. The molecular weight excluding hydrogens is 352 g/mol. The lowest BCUT2D eigenvalue weighted by Crippen LogP contribution is -2.31. The van der Waals surface area contributed by atoms with E-state index in [4.69, 9.17) is 4.42 Å². The van der Waals surface area contributed by atoms with Gasteiger partial charge in [-0.1, -0.05) is 18.2 Å². The number of hydrogen-bond acceptors (Lipinski definition) is 6. The molecule has 0 radical (unpaired) electrons. The topological polar surface area (TPSA) is 119 Å². The molecule has 0 saturated heterocycles. The largest absolute Gasteiger partial charge is 0.446 e. The number of hydrogen-bond donors (Lipinski definition) is 1. The normalized spacial score (nSPS) is 10.1. The fourth-order valence-corrected chi connectivity index (χ4v) is 2.22. The molecule has 27 heavy (non-hydrogen) atoms. The molecule has 1 heterocycles. The molecule has 1 aromatic heterocycles. The van der Waals surface area contributed by atoms with E-state index in [-0.39, 0.29) is 42.5 Å². The van der Waals surface area contributed by atoms with Gasteiger partial charge in [-0.3, -0.25) is 19.7 Å². The monoisotopic (exact) mass is 370 g/mol. The van der Waals surface area contributed by atoms with Crippen molar-refractivity contribution in [2.75, 3.05) is 13.1 Å². The number of nitro benzene ring substituents is 1. The molecule has 0 aliphatic heterocycles. The van der Waals surface area contributed by atoms with Gasteiger partial charge in [0.25, 0.3) is 17.5 Å². The molecule has 2 amide bonds. The van der Waals surface area contributed by atoms with Gasteiger partial charge in [-0.2, -0.15) is 0 Å². The van der Waals surface area contributed by atoms with Crippen LogP contribution in [0.1, 0.15) is 26.7 Å². The highest BCUT2D eigenvalue weighted by molar-refractivity contribution is 5.95. The van der Waals surface area contributed by atoms with Crippen LogP contribution in [0, 0.1) is 10.1 Å². The molecule has 2 aromatic rings. The van der Waals surface area contributed by atoms with Gasteiger partial charge < -0.3 is 14.6 Å². The van der Waals surface area contributed by atoms with Crippen LogP contribution in [0.2, 0.25) is 0 Å². The highest BCUT2D eigenvalue weighted by Gasteiger charge is 2.20. The van der Waals surface area contributed by atoms with Crippen molar-refractivity contribution in [2.24, 2.45) is 0 Å². The fraction of sp³-hybridized carbons (Fsp3) is 0.167. The lowest BCUT2D eigenvalue weighted by atomic mass is 10.1. The number of oxazole rings is 1. The quantitative estimate of drug-likeness (QED) is 0.411. The van der Waals surface area contributed by atoms with Crippen molar-refractivity contribution in [3.05, 3.63) is 83.1 Å². The van der Waals surface area contributed by atoms with Crippen molar-refractivity contribution in [3.8, 4) is 0 Å². The van der Waals surface area contributed by atoms with Crippen LogP contribution >= 0.6 is 0 Å². The van der Waals surface area contributed by atoms with Crippen molar-refractivity contribution < 1.29 is 18.9 Å². The Bertz CT molecular complexity index is 874. The number of aromatic nitrogens is 1. The van der Waals surface area contributed by atoms with Crippen LogP contribution in [0.5, 0.6) is 0 Å². The van der Waals surface area contributed by atoms with E-state index in [9.17, 15) is 19.7 Å². The summed E-state index contributed by atoms with van der Waals surface area (Å²) in [4.78, 5) is 40.3. The zero-order valence-corrected chi connectivity index (χ0v) is 14.5. The summed E-state index contributed by atoms with van der Waals surface area (Å²) in [5.41, 5.74) is 0.0476. The lowest BCUT2D eigenvalue weighted by Gasteiger charge is -2.19. The van der Waals surface area contributed by atoms with Crippen molar-refractivity contribution in [1.82, 2.24) is 15.2 Å². The minimum absolute atomic E-state index is 0.0255. The van der Waals surface area contributed by atoms with Crippen LogP contribution in [0.3, 0.4) is 0 Å². The molecule has 9 nitrogen and oxygen atoms in total. The molecule has 140 valence electrons. The molecule has 1 aromatic carbocycles. The van der Waals surface area contributed by atoms with Crippen molar-refractivity contribution in [2.45, 2.75) is 6.54 Å². The summed E-state index contributed by atoms with van der Waals surface area (Å²) < 4.78 is 5.26. The number of benzene rings is 1. The Morgan fingerprint density at radius 2 is 2.11 bits per heavy atom. The Morgan fingerprint density at radius 3 is 2.78 bits per heavy atom. The molecule has 1 N–H and O–H groups in total. The SMILES string of the molecule is C=CCNC(=O)c1coc(CN(CC=C)C(=O)c2cccc([N+](=O)[O-])c2)n1. The van der Waals surface area contributed by atoms with Gasteiger partial charge >= 0.3 is 0 Å². The second-order valence-corrected chi connectivity index (χ2v) is 5.41. The third-order valence-corrected chi connectivity index (χ3v) is 3.46. The molecule has 0 bridgehead atoms. The maximum Gasteiger partial charge on any atom is 0.273 e. The van der Waals surface area contributed by atoms with E-state index in [0.717, 1.165) is 0 Å². The smallest absolute Gasteiger partial charge is 0.273 e. The maximum atomic E-state index is 12.7. The molecule has 0 fully saturated rings. The number of nitrogens with one attached hydrogen (secondary N) is 1. The molecular formula is C18H18N4O5. The van der Waals surface area contributed by atoms with Gasteiger partial charge in [-0.05, 0) is 6.07 Å². The summed E-state index contributed by atoms with van der Waals surface area (Å²) in [6.45, 7) is 7.54. The van der Waals surface area contributed by atoms with Gasteiger partial charge in [0, 0.05) is 30.8 Å². The molecule has 0 unspecified atom stereocenters. The van der Waals surface area contributed by atoms with Gasteiger partial charge in [0.1, 0.15) is 6.26 Å². The lowest BCUT2D eigenvalue weighted by molar-refractivity contribution is -0.384. The van der Waals surface area contributed by atoms with Crippen LogP contribution in [-0.2, 0) is 6.54 Å². The van der Waals surface area contributed by atoms with Crippen LogP contribution in [0.4, 0.5) is 5.69 Å². The summed E-state index contributed by atoms with van der Waals surface area (Å²) in [6, 6.07) is 5.42. The Hall–Kier alpha value is -3.75. The number of rotatable bonds is 9. The Morgan fingerprint density at radius 1 is 1.33 bits per heavy atom. The van der Waals surface area contributed by atoms with Crippen molar-refractivity contribution >= 4 is 17.5 Å². The highest BCUT2D eigenvalue weighted by Crippen LogP contribution is 2.16. The number of carbonyl (C=O) groups is 2. The molecule has 0 aliphatic rings. The second-order valence-electron chi connectivity index (χ2n) is 5.41. The van der Waals surface area contributed by atoms with E-state index in [2.05, 4.69) is 23.5 Å².